The molecule has 0 aliphatic carbocycles. The monoisotopic (exact) mass is 414 g/mol. The highest BCUT2D eigenvalue weighted by molar-refractivity contribution is 5.92. The van der Waals surface area contributed by atoms with E-state index in [-0.39, 0.29) is 24.9 Å². The van der Waals surface area contributed by atoms with Crippen LogP contribution in [0.5, 0.6) is 0 Å². The minimum atomic E-state index is -0.253. The van der Waals surface area contributed by atoms with Gasteiger partial charge in [-0.2, -0.15) is 5.26 Å². The van der Waals surface area contributed by atoms with Gasteiger partial charge in [-0.15, -0.1) is 0 Å². The predicted octanol–water partition coefficient (Wildman–Crippen LogP) is -0.0701. The van der Waals surface area contributed by atoms with Crippen LogP contribution in [0.15, 0.2) is 22.8 Å². The second kappa shape index (κ2) is 9.61. The maximum absolute atomic E-state index is 12.7. The van der Waals surface area contributed by atoms with Crippen molar-refractivity contribution in [2.24, 2.45) is 0 Å². The second-order valence-electron chi connectivity index (χ2n) is 7.56. The van der Waals surface area contributed by atoms with Gasteiger partial charge in [0.05, 0.1) is 38.6 Å². The SMILES string of the molecule is Cc1c(C#N)c(NC(=O)C[NH+](C)CC(=O)N2CCOCC2)n(Cc2ccco2)c1C. The molecule has 1 saturated heterocycles. The normalized spacial score (nSPS) is 14.9. The number of ether oxygens (including phenoxy) is 1. The van der Waals surface area contributed by atoms with Crippen molar-refractivity contribution in [3.63, 3.8) is 0 Å². The van der Waals surface area contributed by atoms with E-state index in [1.165, 1.54) is 0 Å². The highest BCUT2D eigenvalue weighted by Gasteiger charge is 2.24. The van der Waals surface area contributed by atoms with E-state index in [0.717, 1.165) is 21.9 Å². The van der Waals surface area contributed by atoms with Crippen molar-refractivity contribution in [3.05, 3.63) is 41.0 Å². The predicted molar refractivity (Wildman–Crippen MR) is 109 cm³/mol. The fourth-order valence-corrected chi connectivity index (χ4v) is 3.58. The summed E-state index contributed by atoms with van der Waals surface area (Å²) in [5.41, 5.74) is 2.15. The number of hydrogen-bond donors (Lipinski definition) is 2. The van der Waals surface area contributed by atoms with Gasteiger partial charge in [0.2, 0.25) is 0 Å². The quantitative estimate of drug-likeness (QED) is 0.660. The minimum absolute atomic E-state index is 0.00852. The van der Waals surface area contributed by atoms with E-state index in [0.29, 0.717) is 44.2 Å². The number of amides is 2. The number of morpholine rings is 1. The van der Waals surface area contributed by atoms with Crippen LogP contribution in [0.25, 0.3) is 0 Å². The first-order valence-electron chi connectivity index (χ1n) is 9.99. The average Bonchev–Trinajstić information content (AvgIpc) is 3.31. The van der Waals surface area contributed by atoms with Gasteiger partial charge in [-0.25, -0.2) is 0 Å². The van der Waals surface area contributed by atoms with Crippen molar-refractivity contribution in [2.75, 3.05) is 51.8 Å². The van der Waals surface area contributed by atoms with E-state index in [9.17, 15) is 14.9 Å². The van der Waals surface area contributed by atoms with Crippen molar-refractivity contribution < 1.29 is 23.6 Å². The summed E-state index contributed by atoms with van der Waals surface area (Å²) in [6.45, 7) is 6.80. The number of carbonyl (C=O) groups is 2. The van der Waals surface area contributed by atoms with E-state index < -0.39 is 0 Å². The van der Waals surface area contributed by atoms with Crippen LogP contribution < -0.4 is 10.2 Å². The Morgan fingerprint density at radius 3 is 2.63 bits per heavy atom. The molecule has 9 nitrogen and oxygen atoms in total. The van der Waals surface area contributed by atoms with Crippen molar-refractivity contribution in [2.45, 2.75) is 20.4 Å². The lowest BCUT2D eigenvalue weighted by Gasteiger charge is -2.27. The lowest BCUT2D eigenvalue weighted by molar-refractivity contribution is -0.862. The first-order valence-corrected chi connectivity index (χ1v) is 9.99. The maximum atomic E-state index is 12.7. The fraction of sp³-hybridized carbons (Fsp3) is 0.476. The van der Waals surface area contributed by atoms with Gasteiger partial charge in [0, 0.05) is 18.8 Å². The molecule has 2 amide bonds. The molecular formula is C21H28N5O4+. The zero-order valence-electron chi connectivity index (χ0n) is 17.7. The number of nitriles is 1. The molecule has 30 heavy (non-hydrogen) atoms. The number of furan rings is 1. The molecule has 3 rings (SSSR count). The third-order valence-corrected chi connectivity index (χ3v) is 5.37. The number of likely N-dealkylation sites (N-methyl/N-ethyl adjacent to an activating group) is 1. The zero-order chi connectivity index (χ0) is 21.7. The molecule has 160 valence electrons. The Morgan fingerprint density at radius 1 is 1.27 bits per heavy atom. The molecule has 2 aromatic heterocycles. The van der Waals surface area contributed by atoms with Gasteiger partial charge in [-0.3, -0.25) is 9.59 Å². The highest BCUT2D eigenvalue weighted by atomic mass is 16.5. The maximum Gasteiger partial charge on any atom is 0.280 e. The number of hydrogen-bond acceptors (Lipinski definition) is 5. The van der Waals surface area contributed by atoms with Gasteiger partial charge in [-0.1, -0.05) is 0 Å². The molecule has 1 atom stereocenters. The summed E-state index contributed by atoms with van der Waals surface area (Å²) < 4.78 is 12.6. The largest absolute Gasteiger partial charge is 0.467 e. The number of carbonyl (C=O) groups excluding carboxylic acids is 2. The summed E-state index contributed by atoms with van der Waals surface area (Å²) in [4.78, 5) is 27.6. The number of rotatable bonds is 7. The topological polar surface area (TPSA) is 105 Å². The number of quaternary nitrogens is 1. The van der Waals surface area contributed by atoms with E-state index in [4.69, 9.17) is 9.15 Å². The molecule has 0 radical (unpaired) electrons. The van der Waals surface area contributed by atoms with Gasteiger partial charge < -0.3 is 28.8 Å². The Kier molecular flexibility index (Phi) is 6.92. The third kappa shape index (κ3) is 4.90. The van der Waals surface area contributed by atoms with Crippen molar-refractivity contribution in [3.8, 4) is 6.07 Å². The van der Waals surface area contributed by atoms with E-state index >= 15 is 0 Å². The minimum Gasteiger partial charge on any atom is -0.467 e. The van der Waals surface area contributed by atoms with E-state index in [1.807, 2.05) is 31.5 Å². The Morgan fingerprint density at radius 2 is 2.00 bits per heavy atom. The smallest absolute Gasteiger partial charge is 0.280 e. The van der Waals surface area contributed by atoms with Crippen LogP contribution >= 0.6 is 0 Å². The molecule has 9 heteroatoms. The van der Waals surface area contributed by atoms with Crippen molar-refractivity contribution in [1.29, 1.82) is 5.26 Å². The second-order valence-corrected chi connectivity index (χ2v) is 7.56. The van der Waals surface area contributed by atoms with Crippen LogP contribution in [0.4, 0.5) is 5.82 Å². The van der Waals surface area contributed by atoms with Crippen molar-refractivity contribution in [1.82, 2.24) is 9.47 Å². The van der Waals surface area contributed by atoms with Gasteiger partial charge in [0.25, 0.3) is 11.8 Å². The van der Waals surface area contributed by atoms with Crippen LogP contribution in [0.1, 0.15) is 22.6 Å². The van der Waals surface area contributed by atoms with Gasteiger partial charge >= 0.3 is 0 Å². The van der Waals surface area contributed by atoms with Crippen LogP contribution in [-0.2, 0) is 20.9 Å². The Balaban J connectivity index is 1.67. The summed E-state index contributed by atoms with van der Waals surface area (Å²) in [6, 6.07) is 5.84. The standard InChI is InChI=1S/C21H27N5O4/c1-15-16(2)26(12-17-5-4-8-30-17)21(18(15)11-22)23-19(27)13-24(3)14-20(28)25-6-9-29-10-7-25/h4-5,8H,6-7,9-10,12-14H2,1-3H3,(H,23,27)/p+1. The number of aromatic nitrogens is 1. The zero-order valence-corrected chi connectivity index (χ0v) is 17.7. The Hall–Kier alpha value is -3.09. The Bertz CT molecular complexity index is 936. The Labute approximate surface area is 175 Å². The van der Waals surface area contributed by atoms with Crippen LogP contribution in [0, 0.1) is 25.2 Å². The molecule has 0 saturated carbocycles. The molecule has 1 unspecified atom stereocenters. The average molecular weight is 414 g/mol. The van der Waals surface area contributed by atoms with E-state index in [2.05, 4.69) is 11.4 Å². The summed E-state index contributed by atoms with van der Waals surface area (Å²) in [5.74, 6) is 0.944. The summed E-state index contributed by atoms with van der Waals surface area (Å²) >= 11 is 0. The molecule has 1 fully saturated rings. The molecule has 0 spiro atoms. The lowest BCUT2D eigenvalue weighted by atomic mass is 10.2. The van der Waals surface area contributed by atoms with Crippen LogP contribution in [0.3, 0.4) is 0 Å². The fourth-order valence-electron chi connectivity index (χ4n) is 3.58. The van der Waals surface area contributed by atoms with Gasteiger partial charge in [0.1, 0.15) is 17.6 Å². The molecule has 1 aliphatic heterocycles. The van der Waals surface area contributed by atoms with Gasteiger partial charge in [-0.05, 0) is 31.5 Å². The lowest BCUT2D eigenvalue weighted by Crippen LogP contribution is -3.11. The molecule has 0 aromatic carbocycles. The van der Waals surface area contributed by atoms with Crippen LogP contribution in [-0.4, -0.2) is 67.7 Å². The van der Waals surface area contributed by atoms with Gasteiger partial charge in [0.15, 0.2) is 13.1 Å². The number of anilines is 1. The molecular weight excluding hydrogens is 386 g/mol. The molecule has 2 aromatic rings. The van der Waals surface area contributed by atoms with Crippen LogP contribution in [0.2, 0.25) is 0 Å². The molecule has 3 heterocycles. The van der Waals surface area contributed by atoms with E-state index in [1.54, 1.807) is 17.2 Å². The molecule has 1 aliphatic rings. The first kappa shape index (κ1) is 21.6. The summed E-state index contributed by atoms with van der Waals surface area (Å²) in [6.07, 6.45) is 1.59. The summed E-state index contributed by atoms with van der Waals surface area (Å²) in [5, 5.41) is 12.5. The molecule has 0 bridgehead atoms. The number of nitrogens with one attached hydrogen (secondary N) is 2. The summed E-state index contributed by atoms with van der Waals surface area (Å²) in [7, 11) is 1.81. The third-order valence-electron chi connectivity index (χ3n) is 5.37. The number of nitrogens with zero attached hydrogens (tertiary/aromatic N) is 3. The molecule has 2 N–H and O–H groups in total. The highest BCUT2D eigenvalue weighted by Crippen LogP contribution is 2.27. The first-order chi connectivity index (χ1) is 14.4. The van der Waals surface area contributed by atoms with Crippen molar-refractivity contribution >= 4 is 17.6 Å².